The van der Waals surface area contributed by atoms with Crippen molar-refractivity contribution < 1.29 is 0 Å². The molecule has 0 spiro atoms. The zero-order chi connectivity index (χ0) is 13.1. The van der Waals surface area contributed by atoms with Gasteiger partial charge in [-0.1, -0.05) is 11.4 Å². The maximum Gasteiger partial charge on any atom is 0.0801 e. The van der Waals surface area contributed by atoms with Gasteiger partial charge in [-0.25, -0.2) is 0 Å². The van der Waals surface area contributed by atoms with Crippen LogP contribution in [0.2, 0.25) is 0 Å². The highest BCUT2D eigenvalue weighted by Gasteiger charge is 2.17. The Balaban J connectivity index is 2.18. The molecule has 0 aliphatic heterocycles. The summed E-state index contributed by atoms with van der Waals surface area (Å²) >= 11 is 1.41. The van der Waals surface area contributed by atoms with Crippen molar-refractivity contribution in [2.75, 3.05) is 0 Å². The largest absolute Gasteiger partial charge is 0.323 e. The lowest BCUT2D eigenvalue weighted by Gasteiger charge is -2.11. The topological polar surface area (TPSA) is 69.6 Å². The lowest BCUT2D eigenvalue weighted by Crippen LogP contribution is -2.16. The number of hydrogen-bond acceptors (Lipinski definition) is 5. The summed E-state index contributed by atoms with van der Waals surface area (Å²) in [6, 6.07) is 2.06. The van der Waals surface area contributed by atoms with Gasteiger partial charge in [0.1, 0.15) is 0 Å². The van der Waals surface area contributed by atoms with Crippen molar-refractivity contribution in [2.45, 2.75) is 46.2 Å². The number of rotatable bonds is 5. The number of nitrogens with zero attached hydrogens (tertiary/aromatic N) is 4. The third-order valence-corrected chi connectivity index (χ3v) is 3.87. The molecule has 0 saturated heterocycles. The summed E-state index contributed by atoms with van der Waals surface area (Å²) in [5, 5.41) is 8.55. The van der Waals surface area contributed by atoms with Gasteiger partial charge in [0.05, 0.1) is 16.3 Å². The number of aromatic nitrogens is 4. The predicted molar refractivity (Wildman–Crippen MR) is 72.6 cm³/mol. The van der Waals surface area contributed by atoms with Crippen LogP contribution in [0.4, 0.5) is 0 Å². The summed E-state index contributed by atoms with van der Waals surface area (Å²) in [5.74, 6) is 0. The maximum atomic E-state index is 6.27. The molecule has 0 aliphatic rings. The van der Waals surface area contributed by atoms with Gasteiger partial charge in [-0.2, -0.15) is 5.10 Å². The smallest absolute Gasteiger partial charge is 0.0801 e. The molecule has 0 amide bonds. The summed E-state index contributed by atoms with van der Waals surface area (Å²) in [6.45, 7) is 7.05. The van der Waals surface area contributed by atoms with Crippen molar-refractivity contribution in [3.8, 4) is 0 Å². The minimum absolute atomic E-state index is 0.0404. The van der Waals surface area contributed by atoms with Crippen LogP contribution < -0.4 is 5.73 Å². The van der Waals surface area contributed by atoms with Crippen molar-refractivity contribution in [2.24, 2.45) is 5.73 Å². The van der Waals surface area contributed by atoms with Gasteiger partial charge in [0, 0.05) is 24.7 Å². The van der Waals surface area contributed by atoms with Crippen molar-refractivity contribution in [3.05, 3.63) is 28.0 Å². The van der Waals surface area contributed by atoms with Gasteiger partial charge in [-0.15, -0.1) is 5.10 Å². The molecular weight excluding hydrogens is 246 g/mol. The average molecular weight is 265 g/mol. The Morgan fingerprint density at radius 1 is 1.44 bits per heavy atom. The Morgan fingerprint density at radius 3 is 2.89 bits per heavy atom. The van der Waals surface area contributed by atoms with E-state index in [0.717, 1.165) is 35.7 Å². The molecule has 98 valence electrons. The van der Waals surface area contributed by atoms with Crippen molar-refractivity contribution in [1.82, 2.24) is 19.4 Å². The molecule has 0 bridgehead atoms. The lowest BCUT2D eigenvalue weighted by molar-refractivity contribution is 0.588. The molecule has 1 atom stereocenters. The first-order valence-corrected chi connectivity index (χ1v) is 7.03. The van der Waals surface area contributed by atoms with E-state index in [-0.39, 0.29) is 6.04 Å². The van der Waals surface area contributed by atoms with Gasteiger partial charge >= 0.3 is 0 Å². The molecule has 0 fully saturated rings. The number of hydrogen-bond donors (Lipinski definition) is 1. The molecule has 2 rings (SSSR count). The van der Waals surface area contributed by atoms with E-state index >= 15 is 0 Å². The quantitative estimate of drug-likeness (QED) is 0.896. The molecule has 2 N–H and O–H groups in total. The van der Waals surface area contributed by atoms with Gasteiger partial charge in [-0.05, 0) is 37.9 Å². The van der Waals surface area contributed by atoms with Gasteiger partial charge in [0.25, 0.3) is 0 Å². The predicted octanol–water partition coefficient (Wildman–Crippen LogP) is 1.87. The van der Waals surface area contributed by atoms with E-state index in [1.54, 1.807) is 0 Å². The van der Waals surface area contributed by atoms with Crippen LogP contribution >= 0.6 is 11.5 Å². The highest BCUT2D eigenvalue weighted by atomic mass is 32.1. The van der Waals surface area contributed by atoms with Gasteiger partial charge in [0.2, 0.25) is 0 Å². The third-order valence-electron chi connectivity index (χ3n) is 2.97. The van der Waals surface area contributed by atoms with Gasteiger partial charge in [-0.3, -0.25) is 4.68 Å². The Kier molecular flexibility index (Phi) is 4.08. The SMILES string of the molecule is CCc1nnsc1C(N)Cc1cc(C)nn1CC. The monoisotopic (exact) mass is 265 g/mol. The van der Waals surface area contributed by atoms with Gasteiger partial charge < -0.3 is 5.73 Å². The van der Waals surface area contributed by atoms with E-state index in [0.29, 0.717) is 0 Å². The summed E-state index contributed by atoms with van der Waals surface area (Å²) < 4.78 is 6.00. The van der Waals surface area contributed by atoms with E-state index in [4.69, 9.17) is 5.73 Å². The zero-order valence-corrected chi connectivity index (χ0v) is 11.9. The summed E-state index contributed by atoms with van der Waals surface area (Å²) in [5.41, 5.74) is 9.51. The fourth-order valence-corrected chi connectivity index (χ4v) is 2.83. The Labute approximate surface area is 111 Å². The van der Waals surface area contributed by atoms with Crippen LogP contribution in [0.3, 0.4) is 0 Å². The molecule has 1 unspecified atom stereocenters. The minimum Gasteiger partial charge on any atom is -0.323 e. The molecule has 2 heterocycles. The molecule has 2 aromatic rings. The molecule has 2 aromatic heterocycles. The van der Waals surface area contributed by atoms with Crippen LogP contribution in [-0.4, -0.2) is 19.4 Å². The second kappa shape index (κ2) is 5.58. The molecular formula is C12H19N5S. The standard InChI is InChI=1S/C12H19N5S/c1-4-11-12(18-16-14-11)10(13)7-9-6-8(3)15-17(9)5-2/h6,10H,4-5,7,13H2,1-3H3. The third kappa shape index (κ3) is 2.59. The fourth-order valence-electron chi connectivity index (χ4n) is 2.10. The van der Waals surface area contributed by atoms with E-state index in [2.05, 4.69) is 34.6 Å². The van der Waals surface area contributed by atoms with E-state index in [1.807, 2.05) is 11.6 Å². The van der Waals surface area contributed by atoms with Crippen LogP contribution in [0.5, 0.6) is 0 Å². The van der Waals surface area contributed by atoms with Crippen LogP contribution in [-0.2, 0) is 19.4 Å². The second-order valence-corrected chi connectivity index (χ2v) is 5.13. The fraction of sp³-hybridized carbons (Fsp3) is 0.583. The molecule has 0 aromatic carbocycles. The normalized spacial score (nSPS) is 12.9. The Morgan fingerprint density at radius 2 is 2.22 bits per heavy atom. The molecule has 18 heavy (non-hydrogen) atoms. The van der Waals surface area contributed by atoms with Crippen LogP contribution in [0, 0.1) is 6.92 Å². The van der Waals surface area contributed by atoms with Crippen molar-refractivity contribution in [1.29, 1.82) is 0 Å². The van der Waals surface area contributed by atoms with Crippen molar-refractivity contribution >= 4 is 11.5 Å². The molecule has 6 heteroatoms. The van der Waals surface area contributed by atoms with E-state index in [1.165, 1.54) is 17.2 Å². The molecule has 0 radical (unpaired) electrons. The highest BCUT2D eigenvalue weighted by molar-refractivity contribution is 7.05. The summed E-state index contributed by atoms with van der Waals surface area (Å²) in [6.07, 6.45) is 1.66. The Hall–Kier alpha value is -1.27. The molecule has 5 nitrogen and oxygen atoms in total. The first kappa shape index (κ1) is 13.2. The first-order chi connectivity index (χ1) is 8.65. The minimum atomic E-state index is -0.0404. The van der Waals surface area contributed by atoms with Crippen molar-refractivity contribution in [3.63, 3.8) is 0 Å². The first-order valence-electron chi connectivity index (χ1n) is 6.25. The second-order valence-electron chi connectivity index (χ2n) is 4.34. The van der Waals surface area contributed by atoms with E-state index < -0.39 is 0 Å². The average Bonchev–Trinajstić information content (AvgIpc) is 2.95. The summed E-state index contributed by atoms with van der Waals surface area (Å²) in [4.78, 5) is 1.10. The lowest BCUT2D eigenvalue weighted by atomic mass is 10.1. The number of aryl methyl sites for hydroxylation is 3. The highest BCUT2D eigenvalue weighted by Crippen LogP contribution is 2.22. The van der Waals surface area contributed by atoms with Crippen LogP contribution in [0.25, 0.3) is 0 Å². The molecule has 0 saturated carbocycles. The van der Waals surface area contributed by atoms with Crippen LogP contribution in [0.1, 0.15) is 41.8 Å². The van der Waals surface area contributed by atoms with E-state index in [9.17, 15) is 0 Å². The Bertz CT molecular complexity index is 516. The molecule has 0 aliphatic carbocycles. The summed E-state index contributed by atoms with van der Waals surface area (Å²) in [7, 11) is 0. The maximum absolute atomic E-state index is 6.27. The number of nitrogens with two attached hydrogens (primary N) is 1. The van der Waals surface area contributed by atoms with Crippen LogP contribution in [0.15, 0.2) is 6.07 Å². The van der Waals surface area contributed by atoms with Gasteiger partial charge in [0.15, 0.2) is 0 Å². The zero-order valence-electron chi connectivity index (χ0n) is 11.1.